The van der Waals surface area contributed by atoms with Crippen molar-refractivity contribution in [2.24, 2.45) is 4.99 Å². The molecule has 0 aromatic heterocycles. The van der Waals surface area contributed by atoms with Crippen LogP contribution in [0.5, 0.6) is 0 Å². The Balaban J connectivity index is 1.91. The van der Waals surface area contributed by atoms with Crippen LogP contribution in [0, 0.1) is 17.5 Å². The predicted molar refractivity (Wildman–Crippen MR) is 88.2 cm³/mol. The molecule has 0 spiro atoms. The minimum atomic E-state index is -0.806. The summed E-state index contributed by atoms with van der Waals surface area (Å²) in [5.41, 5.74) is 0.608. The van der Waals surface area contributed by atoms with Gasteiger partial charge in [-0.2, -0.15) is 0 Å². The third kappa shape index (κ3) is 3.35. The Hall–Kier alpha value is -2.54. The summed E-state index contributed by atoms with van der Waals surface area (Å²) < 4.78 is 39.6. The van der Waals surface area contributed by atoms with Crippen LogP contribution in [0.4, 0.5) is 18.9 Å². The molecule has 1 aliphatic rings. The molecule has 1 heterocycles. The molecule has 3 rings (SSSR count). The molecule has 0 aliphatic carbocycles. The average Bonchev–Trinajstić information content (AvgIpc) is 2.80. The van der Waals surface area contributed by atoms with Gasteiger partial charge in [-0.05, 0) is 47.7 Å². The molecule has 2 aromatic rings. The number of halogens is 3. The van der Waals surface area contributed by atoms with Crippen LogP contribution >= 0.6 is 11.8 Å². The summed E-state index contributed by atoms with van der Waals surface area (Å²) >= 11 is 1.07. The molecule has 24 heavy (non-hydrogen) atoms. The lowest BCUT2D eigenvalue weighted by atomic mass is 10.2. The van der Waals surface area contributed by atoms with E-state index in [-0.39, 0.29) is 22.6 Å². The molecule has 7 heteroatoms. The van der Waals surface area contributed by atoms with Crippen molar-refractivity contribution in [3.8, 4) is 0 Å². The first-order chi connectivity index (χ1) is 11.4. The van der Waals surface area contributed by atoms with E-state index in [0.717, 1.165) is 23.9 Å². The fourth-order valence-electron chi connectivity index (χ4n) is 2.04. The molecule has 3 nitrogen and oxygen atoms in total. The number of thioether (sulfide) groups is 1. The summed E-state index contributed by atoms with van der Waals surface area (Å²) in [6.07, 6.45) is 1.60. The van der Waals surface area contributed by atoms with Gasteiger partial charge < -0.3 is 0 Å². The Morgan fingerprint density at radius 2 is 1.71 bits per heavy atom. The number of aliphatic imine (C=N–C) groups is 1. The number of amidine groups is 1. The Labute approximate surface area is 140 Å². The van der Waals surface area contributed by atoms with Gasteiger partial charge in [0.2, 0.25) is 0 Å². The smallest absolute Gasteiger partial charge is 0.266 e. The number of carbonyl (C=O) groups is 1. The van der Waals surface area contributed by atoms with Gasteiger partial charge in [0.05, 0.1) is 4.91 Å². The van der Waals surface area contributed by atoms with Crippen molar-refractivity contribution in [1.82, 2.24) is 4.90 Å². The standard InChI is InChI=1S/C17H11F3N2OS/c1-22-16(23)15(8-10-2-4-11(18)5-3-10)24-17(22)21-14-7-6-12(19)9-13(14)20/h2-9H,1H3/b15-8+,21-17?. The van der Waals surface area contributed by atoms with Crippen LogP contribution in [0.3, 0.4) is 0 Å². The second-order valence-electron chi connectivity index (χ2n) is 5.02. The summed E-state index contributed by atoms with van der Waals surface area (Å²) in [5.74, 6) is -2.17. The van der Waals surface area contributed by atoms with Gasteiger partial charge in [0.15, 0.2) is 11.0 Å². The van der Waals surface area contributed by atoms with Gasteiger partial charge in [0.25, 0.3) is 5.91 Å². The normalized spacial score (nSPS) is 18.0. The summed E-state index contributed by atoms with van der Waals surface area (Å²) in [4.78, 5) is 18.0. The molecular formula is C17H11F3N2OS. The van der Waals surface area contributed by atoms with E-state index < -0.39 is 11.6 Å². The third-order valence-electron chi connectivity index (χ3n) is 3.30. The molecule has 122 valence electrons. The molecule has 1 fully saturated rings. The number of nitrogens with zero attached hydrogens (tertiary/aromatic N) is 2. The predicted octanol–water partition coefficient (Wildman–Crippen LogP) is 4.34. The van der Waals surface area contributed by atoms with Crippen molar-refractivity contribution in [3.63, 3.8) is 0 Å². The van der Waals surface area contributed by atoms with E-state index in [1.165, 1.54) is 30.1 Å². The number of rotatable bonds is 2. The molecule has 1 saturated heterocycles. The second kappa shape index (κ2) is 6.52. The van der Waals surface area contributed by atoms with Crippen LogP contribution in [0.1, 0.15) is 5.56 Å². The Morgan fingerprint density at radius 3 is 2.38 bits per heavy atom. The minimum Gasteiger partial charge on any atom is -0.290 e. The first-order valence-electron chi connectivity index (χ1n) is 6.91. The summed E-state index contributed by atoms with van der Waals surface area (Å²) in [6.45, 7) is 0. The molecule has 0 saturated carbocycles. The van der Waals surface area contributed by atoms with Gasteiger partial charge in [-0.15, -0.1) is 0 Å². The van der Waals surface area contributed by atoms with Crippen molar-refractivity contribution in [3.05, 3.63) is 70.4 Å². The van der Waals surface area contributed by atoms with E-state index in [2.05, 4.69) is 4.99 Å². The van der Waals surface area contributed by atoms with Gasteiger partial charge >= 0.3 is 0 Å². The van der Waals surface area contributed by atoms with Gasteiger partial charge in [-0.25, -0.2) is 18.2 Å². The number of amides is 1. The zero-order chi connectivity index (χ0) is 17.3. The molecule has 0 N–H and O–H groups in total. The summed E-state index contributed by atoms with van der Waals surface area (Å²) in [7, 11) is 1.51. The molecule has 1 aliphatic heterocycles. The first kappa shape index (κ1) is 16.3. The molecular weight excluding hydrogens is 337 g/mol. The maximum atomic E-state index is 13.7. The fourth-order valence-corrected chi connectivity index (χ4v) is 3.02. The maximum Gasteiger partial charge on any atom is 0.266 e. The quantitative estimate of drug-likeness (QED) is 0.757. The highest BCUT2D eigenvalue weighted by Crippen LogP contribution is 2.33. The Bertz CT molecular complexity index is 863. The Morgan fingerprint density at radius 1 is 1.04 bits per heavy atom. The summed E-state index contributed by atoms with van der Waals surface area (Å²) in [5, 5.41) is 0.277. The SMILES string of the molecule is CN1C(=O)/C(=C\c2ccc(F)cc2)SC1=Nc1ccc(F)cc1F. The van der Waals surface area contributed by atoms with Gasteiger partial charge in [-0.3, -0.25) is 9.69 Å². The number of benzene rings is 2. The van der Waals surface area contributed by atoms with E-state index in [9.17, 15) is 18.0 Å². The van der Waals surface area contributed by atoms with Crippen molar-refractivity contribution in [1.29, 1.82) is 0 Å². The maximum absolute atomic E-state index is 13.7. The van der Waals surface area contributed by atoms with Crippen LogP contribution in [-0.4, -0.2) is 23.0 Å². The molecule has 0 bridgehead atoms. The fraction of sp³-hybridized carbons (Fsp3) is 0.0588. The lowest BCUT2D eigenvalue weighted by Crippen LogP contribution is -2.23. The zero-order valence-corrected chi connectivity index (χ0v) is 13.3. The number of carbonyl (C=O) groups excluding carboxylic acids is 1. The topological polar surface area (TPSA) is 32.7 Å². The van der Waals surface area contributed by atoms with Crippen molar-refractivity contribution in [2.45, 2.75) is 0 Å². The van der Waals surface area contributed by atoms with Crippen LogP contribution in [-0.2, 0) is 4.79 Å². The highest BCUT2D eigenvalue weighted by molar-refractivity contribution is 8.18. The van der Waals surface area contributed by atoms with Crippen LogP contribution < -0.4 is 0 Å². The lowest BCUT2D eigenvalue weighted by Gasteiger charge is -2.07. The summed E-state index contributed by atoms with van der Waals surface area (Å²) in [6, 6.07) is 8.72. The third-order valence-corrected chi connectivity index (χ3v) is 4.36. The van der Waals surface area contributed by atoms with E-state index in [1.54, 1.807) is 18.2 Å². The first-order valence-corrected chi connectivity index (χ1v) is 7.72. The molecule has 0 unspecified atom stereocenters. The van der Waals surface area contributed by atoms with E-state index >= 15 is 0 Å². The average molecular weight is 348 g/mol. The Kier molecular flexibility index (Phi) is 4.44. The highest BCUT2D eigenvalue weighted by atomic mass is 32.2. The van der Waals surface area contributed by atoms with Gasteiger partial charge in [0.1, 0.15) is 17.3 Å². The van der Waals surface area contributed by atoms with Crippen molar-refractivity contribution < 1.29 is 18.0 Å². The highest BCUT2D eigenvalue weighted by Gasteiger charge is 2.30. The largest absolute Gasteiger partial charge is 0.290 e. The molecule has 0 atom stereocenters. The van der Waals surface area contributed by atoms with Crippen LogP contribution in [0.25, 0.3) is 6.08 Å². The molecule has 2 aromatic carbocycles. The van der Waals surface area contributed by atoms with Crippen molar-refractivity contribution in [2.75, 3.05) is 7.05 Å². The van der Waals surface area contributed by atoms with Crippen molar-refractivity contribution >= 4 is 34.6 Å². The van der Waals surface area contributed by atoms with Gasteiger partial charge in [0, 0.05) is 13.1 Å². The zero-order valence-electron chi connectivity index (χ0n) is 12.5. The van der Waals surface area contributed by atoms with Gasteiger partial charge in [-0.1, -0.05) is 12.1 Å². The van der Waals surface area contributed by atoms with E-state index in [0.29, 0.717) is 10.5 Å². The second-order valence-corrected chi connectivity index (χ2v) is 6.03. The van der Waals surface area contributed by atoms with Crippen LogP contribution in [0.15, 0.2) is 52.4 Å². The molecule has 1 amide bonds. The molecule has 0 radical (unpaired) electrons. The lowest BCUT2D eigenvalue weighted by molar-refractivity contribution is -0.121. The number of likely N-dealkylation sites (N-methyl/N-ethyl adjacent to an activating group) is 1. The monoisotopic (exact) mass is 348 g/mol. The van der Waals surface area contributed by atoms with E-state index in [1.807, 2.05) is 0 Å². The van der Waals surface area contributed by atoms with E-state index in [4.69, 9.17) is 0 Å². The number of hydrogen-bond donors (Lipinski definition) is 0. The van der Waals surface area contributed by atoms with Crippen LogP contribution in [0.2, 0.25) is 0 Å². The number of hydrogen-bond acceptors (Lipinski definition) is 3. The minimum absolute atomic E-state index is 0.0541.